The highest BCUT2D eigenvalue weighted by molar-refractivity contribution is 5.94. The number of nitrogens with one attached hydrogen (secondary N) is 2. The van der Waals surface area contributed by atoms with Crippen LogP contribution in [0.25, 0.3) is 0 Å². The molecule has 1 aromatic rings. The van der Waals surface area contributed by atoms with Gasteiger partial charge in [-0.15, -0.1) is 0 Å². The van der Waals surface area contributed by atoms with Gasteiger partial charge in [0.25, 0.3) is 5.91 Å². The number of nitrogens with zero attached hydrogens (tertiary/aromatic N) is 2. The lowest BCUT2D eigenvalue weighted by Gasteiger charge is -2.18. The summed E-state index contributed by atoms with van der Waals surface area (Å²) in [6.07, 6.45) is 0.930. The number of benzene rings is 1. The monoisotopic (exact) mass is 334 g/mol. The molecule has 1 aromatic carbocycles. The highest BCUT2D eigenvalue weighted by Crippen LogP contribution is 2.08. The number of rotatable bonds is 9. The summed E-state index contributed by atoms with van der Waals surface area (Å²) in [7, 11) is 3.44. The summed E-state index contributed by atoms with van der Waals surface area (Å²) >= 11 is 0. The molecule has 0 heterocycles. The van der Waals surface area contributed by atoms with E-state index in [1.807, 2.05) is 43.0 Å². The Morgan fingerprint density at radius 2 is 1.83 bits per heavy atom. The molecular weight excluding hydrogens is 304 g/mol. The Morgan fingerprint density at radius 1 is 1.17 bits per heavy atom. The van der Waals surface area contributed by atoms with Crippen molar-refractivity contribution in [3.8, 4) is 0 Å². The van der Waals surface area contributed by atoms with Crippen molar-refractivity contribution >= 4 is 11.9 Å². The molecule has 6 heteroatoms. The van der Waals surface area contributed by atoms with Crippen LogP contribution >= 0.6 is 0 Å². The second kappa shape index (κ2) is 11.5. The van der Waals surface area contributed by atoms with Crippen LogP contribution in [0.1, 0.15) is 36.2 Å². The molecule has 0 saturated heterocycles. The van der Waals surface area contributed by atoms with E-state index in [0.717, 1.165) is 49.7 Å². The fraction of sp³-hybridized carbons (Fsp3) is 0.556. The normalized spacial score (nSPS) is 11.2. The van der Waals surface area contributed by atoms with Gasteiger partial charge < -0.3 is 20.3 Å². The smallest absolute Gasteiger partial charge is 0.253 e. The fourth-order valence-corrected chi connectivity index (χ4v) is 2.29. The first-order valence-electron chi connectivity index (χ1n) is 8.47. The summed E-state index contributed by atoms with van der Waals surface area (Å²) in [5.41, 5.74) is 1.83. The summed E-state index contributed by atoms with van der Waals surface area (Å²) in [5, 5.41) is 6.49. The summed E-state index contributed by atoms with van der Waals surface area (Å²) in [6.45, 7) is 7.63. The molecule has 0 aromatic heterocycles. The van der Waals surface area contributed by atoms with Gasteiger partial charge in [0.05, 0.1) is 0 Å². The largest absolute Gasteiger partial charge is 0.385 e. The maximum absolute atomic E-state index is 12.3. The molecule has 0 saturated carbocycles. The molecule has 24 heavy (non-hydrogen) atoms. The first-order chi connectivity index (χ1) is 11.7. The van der Waals surface area contributed by atoms with Crippen molar-refractivity contribution in [2.45, 2.75) is 26.8 Å². The van der Waals surface area contributed by atoms with E-state index in [0.29, 0.717) is 6.54 Å². The van der Waals surface area contributed by atoms with Crippen molar-refractivity contribution in [1.82, 2.24) is 15.5 Å². The average Bonchev–Trinajstić information content (AvgIpc) is 2.62. The van der Waals surface area contributed by atoms with Crippen LogP contribution in [-0.2, 0) is 11.3 Å². The Hall–Kier alpha value is -2.08. The predicted molar refractivity (Wildman–Crippen MR) is 98.4 cm³/mol. The molecule has 0 fully saturated rings. The van der Waals surface area contributed by atoms with E-state index in [1.165, 1.54) is 0 Å². The Balaban J connectivity index is 2.50. The van der Waals surface area contributed by atoms with Crippen molar-refractivity contribution in [3.63, 3.8) is 0 Å². The fourth-order valence-electron chi connectivity index (χ4n) is 2.29. The number of amides is 1. The van der Waals surface area contributed by atoms with E-state index in [1.54, 1.807) is 14.2 Å². The molecular formula is C18H30N4O2. The number of hydrogen-bond donors (Lipinski definition) is 2. The molecule has 0 aliphatic carbocycles. The number of carbonyl (C=O) groups excluding carboxylic acids is 1. The van der Waals surface area contributed by atoms with Gasteiger partial charge in [-0.2, -0.15) is 0 Å². The number of ether oxygens (including phenoxy) is 1. The van der Waals surface area contributed by atoms with Crippen LogP contribution in [0.2, 0.25) is 0 Å². The third-order valence-electron chi connectivity index (χ3n) is 3.75. The van der Waals surface area contributed by atoms with E-state index in [4.69, 9.17) is 4.74 Å². The summed E-state index contributed by atoms with van der Waals surface area (Å²) < 4.78 is 5.02. The molecule has 0 aliphatic rings. The Labute approximate surface area is 145 Å². The Kier molecular flexibility index (Phi) is 9.53. The van der Waals surface area contributed by atoms with Crippen molar-refractivity contribution in [1.29, 1.82) is 0 Å². The number of aliphatic imine (C=N–C) groups is 1. The molecule has 134 valence electrons. The topological polar surface area (TPSA) is 66.0 Å². The maximum atomic E-state index is 12.3. The second-order valence-corrected chi connectivity index (χ2v) is 5.37. The van der Waals surface area contributed by atoms with Gasteiger partial charge in [0.15, 0.2) is 5.96 Å². The minimum atomic E-state index is 0.0788. The zero-order valence-corrected chi connectivity index (χ0v) is 15.3. The van der Waals surface area contributed by atoms with E-state index in [9.17, 15) is 4.79 Å². The van der Waals surface area contributed by atoms with Gasteiger partial charge in [-0.05, 0) is 38.0 Å². The van der Waals surface area contributed by atoms with Crippen LogP contribution in [0, 0.1) is 0 Å². The van der Waals surface area contributed by atoms with Gasteiger partial charge in [0.2, 0.25) is 0 Å². The van der Waals surface area contributed by atoms with Crippen molar-refractivity contribution < 1.29 is 9.53 Å². The quantitative estimate of drug-likeness (QED) is 0.411. The minimum Gasteiger partial charge on any atom is -0.385 e. The molecule has 0 atom stereocenters. The predicted octanol–water partition coefficient (Wildman–Crippen LogP) is 1.87. The molecule has 0 bridgehead atoms. The number of guanidine groups is 1. The second-order valence-electron chi connectivity index (χ2n) is 5.37. The molecule has 1 rings (SSSR count). The maximum Gasteiger partial charge on any atom is 0.253 e. The van der Waals surface area contributed by atoms with Gasteiger partial charge in [0.1, 0.15) is 0 Å². The Morgan fingerprint density at radius 3 is 2.38 bits per heavy atom. The van der Waals surface area contributed by atoms with Crippen LogP contribution in [-0.4, -0.2) is 57.2 Å². The molecule has 0 radical (unpaired) electrons. The SMILES string of the molecule is CCN(CC)C(=O)c1ccc(CNC(=NC)NCCCOC)cc1. The number of methoxy groups -OCH3 is 1. The van der Waals surface area contributed by atoms with Crippen molar-refractivity contribution in [2.75, 3.05) is 40.4 Å². The summed E-state index contributed by atoms with van der Waals surface area (Å²) in [4.78, 5) is 18.3. The van der Waals surface area contributed by atoms with Crippen LogP contribution in [0.5, 0.6) is 0 Å². The van der Waals surface area contributed by atoms with Crippen LogP contribution in [0.3, 0.4) is 0 Å². The first-order valence-corrected chi connectivity index (χ1v) is 8.47. The third-order valence-corrected chi connectivity index (χ3v) is 3.75. The summed E-state index contributed by atoms with van der Waals surface area (Å²) in [6, 6.07) is 7.71. The van der Waals surface area contributed by atoms with E-state index in [-0.39, 0.29) is 5.91 Å². The van der Waals surface area contributed by atoms with Crippen molar-refractivity contribution in [2.24, 2.45) is 4.99 Å². The Bertz CT molecular complexity index is 510. The minimum absolute atomic E-state index is 0.0788. The van der Waals surface area contributed by atoms with Gasteiger partial charge in [-0.25, -0.2) is 0 Å². The zero-order chi connectivity index (χ0) is 17.8. The third kappa shape index (κ3) is 6.58. The van der Waals surface area contributed by atoms with Gasteiger partial charge in [-0.3, -0.25) is 9.79 Å². The number of carbonyl (C=O) groups is 1. The van der Waals surface area contributed by atoms with E-state index in [2.05, 4.69) is 15.6 Å². The van der Waals surface area contributed by atoms with E-state index >= 15 is 0 Å². The lowest BCUT2D eigenvalue weighted by Crippen LogP contribution is -2.37. The molecule has 0 unspecified atom stereocenters. The van der Waals surface area contributed by atoms with Gasteiger partial charge in [0, 0.05) is 52.5 Å². The lowest BCUT2D eigenvalue weighted by atomic mass is 10.1. The molecule has 0 aliphatic heterocycles. The van der Waals surface area contributed by atoms with Crippen LogP contribution in [0.4, 0.5) is 0 Å². The van der Waals surface area contributed by atoms with Gasteiger partial charge in [-0.1, -0.05) is 12.1 Å². The first kappa shape index (κ1) is 20.0. The van der Waals surface area contributed by atoms with E-state index < -0.39 is 0 Å². The van der Waals surface area contributed by atoms with Crippen molar-refractivity contribution in [3.05, 3.63) is 35.4 Å². The summed E-state index contributed by atoms with van der Waals surface area (Å²) in [5.74, 6) is 0.838. The highest BCUT2D eigenvalue weighted by atomic mass is 16.5. The molecule has 6 nitrogen and oxygen atoms in total. The molecule has 1 amide bonds. The average molecular weight is 334 g/mol. The highest BCUT2D eigenvalue weighted by Gasteiger charge is 2.11. The molecule has 0 spiro atoms. The van der Waals surface area contributed by atoms with Crippen LogP contribution in [0.15, 0.2) is 29.3 Å². The lowest BCUT2D eigenvalue weighted by molar-refractivity contribution is 0.0773. The zero-order valence-electron chi connectivity index (χ0n) is 15.3. The number of hydrogen-bond acceptors (Lipinski definition) is 3. The van der Waals surface area contributed by atoms with Crippen LogP contribution < -0.4 is 10.6 Å². The standard InChI is InChI=1S/C18H30N4O2/c1-5-22(6-2)17(23)16-10-8-15(9-11-16)14-21-18(19-3)20-12-7-13-24-4/h8-11H,5-7,12-14H2,1-4H3,(H2,19,20,21). The van der Waals surface area contributed by atoms with Gasteiger partial charge >= 0.3 is 0 Å². The molecule has 2 N–H and O–H groups in total.